The zero-order chi connectivity index (χ0) is 12.8. The first kappa shape index (κ1) is 14.5. The van der Waals surface area contributed by atoms with Crippen molar-refractivity contribution >= 4 is 5.91 Å². The summed E-state index contributed by atoms with van der Waals surface area (Å²) in [4.78, 5) is 14.5. The van der Waals surface area contributed by atoms with Crippen molar-refractivity contribution < 1.29 is 4.79 Å². The Balaban J connectivity index is 2.60. The molecule has 1 aliphatic rings. The Morgan fingerprint density at radius 2 is 1.88 bits per heavy atom. The topological polar surface area (TPSA) is 32.3 Å². The molecule has 1 saturated carbocycles. The highest BCUT2D eigenvalue weighted by Crippen LogP contribution is 2.24. The average Bonchev–Trinajstić information content (AvgIpc) is 2.81. The van der Waals surface area contributed by atoms with Crippen LogP contribution >= 0.6 is 0 Å². The van der Waals surface area contributed by atoms with Gasteiger partial charge in [0.15, 0.2) is 0 Å². The maximum absolute atomic E-state index is 12.3. The number of amides is 1. The van der Waals surface area contributed by atoms with Gasteiger partial charge in [-0.3, -0.25) is 4.79 Å². The lowest BCUT2D eigenvalue weighted by Crippen LogP contribution is -2.48. The fraction of sp³-hybridized carbons (Fsp3) is 0.929. The largest absolute Gasteiger partial charge is 0.338 e. The predicted molar refractivity (Wildman–Crippen MR) is 71.9 cm³/mol. The minimum Gasteiger partial charge on any atom is -0.338 e. The Bertz CT molecular complexity index is 234. The average molecular weight is 240 g/mol. The molecule has 0 saturated heterocycles. The van der Waals surface area contributed by atoms with E-state index in [1.807, 2.05) is 14.0 Å². The smallest absolute Gasteiger partial charge is 0.239 e. The lowest BCUT2D eigenvalue weighted by Gasteiger charge is -2.32. The van der Waals surface area contributed by atoms with Gasteiger partial charge in [0.1, 0.15) is 0 Å². The van der Waals surface area contributed by atoms with Crippen molar-refractivity contribution in [3.8, 4) is 0 Å². The second-order valence-corrected chi connectivity index (χ2v) is 5.66. The maximum Gasteiger partial charge on any atom is 0.239 e. The van der Waals surface area contributed by atoms with E-state index < -0.39 is 0 Å². The van der Waals surface area contributed by atoms with Crippen LogP contribution in [0.25, 0.3) is 0 Å². The molecule has 0 radical (unpaired) electrons. The molecular formula is C14H28N2O. The van der Waals surface area contributed by atoms with Crippen LogP contribution in [0.3, 0.4) is 0 Å². The molecule has 0 aromatic heterocycles. The molecule has 1 atom stereocenters. The van der Waals surface area contributed by atoms with E-state index in [0.717, 1.165) is 13.0 Å². The number of rotatable bonds is 6. The molecule has 17 heavy (non-hydrogen) atoms. The van der Waals surface area contributed by atoms with Crippen LogP contribution in [0.1, 0.15) is 52.9 Å². The molecule has 1 unspecified atom stereocenters. The first-order valence-corrected chi connectivity index (χ1v) is 7.04. The monoisotopic (exact) mass is 240 g/mol. The summed E-state index contributed by atoms with van der Waals surface area (Å²) in [6, 6.07) is 0.444. The molecule has 0 aromatic rings. The molecule has 0 aliphatic heterocycles. The molecule has 1 aliphatic carbocycles. The Hall–Kier alpha value is -0.570. The summed E-state index contributed by atoms with van der Waals surface area (Å²) in [6.07, 6.45) is 6.06. The van der Waals surface area contributed by atoms with Crippen LogP contribution < -0.4 is 5.32 Å². The summed E-state index contributed by atoms with van der Waals surface area (Å²) in [6.45, 7) is 7.32. The van der Waals surface area contributed by atoms with Gasteiger partial charge in [-0.15, -0.1) is 0 Å². The van der Waals surface area contributed by atoms with E-state index in [4.69, 9.17) is 0 Å². The number of nitrogens with one attached hydrogen (secondary N) is 1. The predicted octanol–water partition coefficient (Wildman–Crippen LogP) is 2.41. The standard InChI is InChI=1S/C14H28N2O/c1-11(2)9-10-16(13-7-5-6-8-13)14(17)12(3)15-4/h11-13,15H,5-10H2,1-4H3. The van der Waals surface area contributed by atoms with Crippen molar-refractivity contribution in [2.75, 3.05) is 13.6 Å². The van der Waals surface area contributed by atoms with Gasteiger partial charge in [0, 0.05) is 12.6 Å². The molecule has 1 fully saturated rings. The van der Waals surface area contributed by atoms with Crippen LogP contribution in [0.2, 0.25) is 0 Å². The minimum atomic E-state index is -0.0530. The van der Waals surface area contributed by atoms with Crippen molar-refractivity contribution in [1.82, 2.24) is 10.2 Å². The van der Waals surface area contributed by atoms with Crippen molar-refractivity contribution in [2.24, 2.45) is 5.92 Å². The number of carbonyl (C=O) groups is 1. The van der Waals surface area contributed by atoms with E-state index in [2.05, 4.69) is 24.1 Å². The Labute approximate surface area is 106 Å². The van der Waals surface area contributed by atoms with Crippen LogP contribution in [0.4, 0.5) is 0 Å². The fourth-order valence-corrected chi connectivity index (χ4v) is 2.46. The Morgan fingerprint density at radius 1 is 1.29 bits per heavy atom. The van der Waals surface area contributed by atoms with Crippen LogP contribution in [0.15, 0.2) is 0 Å². The molecule has 3 nitrogen and oxygen atoms in total. The molecule has 0 aromatic carbocycles. The first-order valence-electron chi connectivity index (χ1n) is 7.04. The van der Waals surface area contributed by atoms with E-state index in [-0.39, 0.29) is 11.9 Å². The highest BCUT2D eigenvalue weighted by molar-refractivity contribution is 5.81. The van der Waals surface area contributed by atoms with Gasteiger partial charge in [0.25, 0.3) is 0 Å². The molecule has 100 valence electrons. The van der Waals surface area contributed by atoms with Gasteiger partial charge < -0.3 is 10.2 Å². The number of hydrogen-bond donors (Lipinski definition) is 1. The lowest BCUT2D eigenvalue weighted by atomic mass is 10.1. The fourth-order valence-electron chi connectivity index (χ4n) is 2.46. The molecule has 0 bridgehead atoms. The summed E-state index contributed by atoms with van der Waals surface area (Å²) in [5.41, 5.74) is 0. The molecule has 1 rings (SSSR count). The molecule has 1 N–H and O–H groups in total. The third kappa shape index (κ3) is 4.30. The quantitative estimate of drug-likeness (QED) is 0.773. The van der Waals surface area contributed by atoms with Crippen LogP contribution in [0, 0.1) is 5.92 Å². The SMILES string of the molecule is CNC(C)C(=O)N(CCC(C)C)C1CCCC1. The molecule has 1 amide bonds. The van der Waals surface area contributed by atoms with Crippen molar-refractivity contribution in [3.05, 3.63) is 0 Å². The zero-order valence-corrected chi connectivity index (χ0v) is 11.8. The summed E-state index contributed by atoms with van der Waals surface area (Å²) in [5, 5.41) is 3.07. The molecule has 3 heteroatoms. The third-order valence-corrected chi connectivity index (χ3v) is 3.80. The maximum atomic E-state index is 12.3. The summed E-state index contributed by atoms with van der Waals surface area (Å²) >= 11 is 0. The zero-order valence-electron chi connectivity index (χ0n) is 11.8. The molecule has 0 spiro atoms. The lowest BCUT2D eigenvalue weighted by molar-refractivity contribution is -0.135. The van der Waals surface area contributed by atoms with Crippen molar-refractivity contribution in [1.29, 1.82) is 0 Å². The highest BCUT2D eigenvalue weighted by Gasteiger charge is 2.28. The van der Waals surface area contributed by atoms with Gasteiger partial charge in [-0.05, 0) is 39.2 Å². The molecular weight excluding hydrogens is 212 g/mol. The summed E-state index contributed by atoms with van der Waals surface area (Å²) in [5.74, 6) is 0.941. The normalized spacial score (nSPS) is 18.6. The van der Waals surface area contributed by atoms with Crippen LogP contribution in [-0.4, -0.2) is 36.5 Å². The number of nitrogens with zero attached hydrogens (tertiary/aromatic N) is 1. The van der Waals surface area contributed by atoms with E-state index >= 15 is 0 Å². The van der Waals surface area contributed by atoms with E-state index in [9.17, 15) is 4.79 Å². The minimum absolute atomic E-state index is 0.0530. The highest BCUT2D eigenvalue weighted by atomic mass is 16.2. The van der Waals surface area contributed by atoms with E-state index in [1.54, 1.807) is 0 Å². The van der Waals surface area contributed by atoms with Gasteiger partial charge in [0.05, 0.1) is 6.04 Å². The van der Waals surface area contributed by atoms with Crippen molar-refractivity contribution in [3.63, 3.8) is 0 Å². The van der Waals surface area contributed by atoms with Gasteiger partial charge >= 0.3 is 0 Å². The first-order chi connectivity index (χ1) is 8.06. The van der Waals surface area contributed by atoms with Gasteiger partial charge in [-0.2, -0.15) is 0 Å². The second-order valence-electron chi connectivity index (χ2n) is 5.66. The van der Waals surface area contributed by atoms with Gasteiger partial charge in [-0.25, -0.2) is 0 Å². The van der Waals surface area contributed by atoms with E-state index in [0.29, 0.717) is 12.0 Å². The molecule has 0 heterocycles. The number of carbonyl (C=O) groups excluding carboxylic acids is 1. The Morgan fingerprint density at radius 3 is 2.35 bits per heavy atom. The number of hydrogen-bond acceptors (Lipinski definition) is 2. The van der Waals surface area contributed by atoms with E-state index in [1.165, 1.54) is 25.7 Å². The Kier molecular flexibility index (Phi) is 5.96. The van der Waals surface area contributed by atoms with Crippen LogP contribution in [0.5, 0.6) is 0 Å². The second kappa shape index (κ2) is 7.00. The third-order valence-electron chi connectivity index (χ3n) is 3.80. The summed E-state index contributed by atoms with van der Waals surface area (Å²) in [7, 11) is 1.86. The summed E-state index contributed by atoms with van der Waals surface area (Å²) < 4.78 is 0. The van der Waals surface area contributed by atoms with Crippen LogP contribution in [-0.2, 0) is 4.79 Å². The van der Waals surface area contributed by atoms with Gasteiger partial charge in [-0.1, -0.05) is 26.7 Å². The van der Waals surface area contributed by atoms with Crippen molar-refractivity contribution in [2.45, 2.75) is 65.0 Å². The van der Waals surface area contributed by atoms with Gasteiger partial charge in [0.2, 0.25) is 5.91 Å². The number of likely N-dealkylation sites (N-methyl/N-ethyl adjacent to an activating group) is 1.